The van der Waals surface area contributed by atoms with Crippen LogP contribution in [0.4, 0.5) is 10.1 Å². The molecule has 1 atom stereocenters. The minimum Gasteiger partial charge on any atom is -0.387 e. The van der Waals surface area contributed by atoms with Crippen molar-refractivity contribution in [2.75, 3.05) is 11.9 Å². The Morgan fingerprint density at radius 3 is 2.93 bits per heavy atom. The van der Waals surface area contributed by atoms with Crippen LogP contribution in [0, 0.1) is 17.1 Å². The van der Waals surface area contributed by atoms with E-state index in [0.29, 0.717) is 35.6 Å². The van der Waals surface area contributed by atoms with Crippen molar-refractivity contribution in [2.45, 2.75) is 18.9 Å². The number of dihydropyridines is 2. The second-order valence-electron chi connectivity index (χ2n) is 7.37. The first kappa shape index (κ1) is 19.3. The Kier molecular flexibility index (Phi) is 4.80. The average Bonchev–Trinajstić information content (AvgIpc) is 2.75. The number of pyridine rings is 1. The lowest BCUT2D eigenvalue weighted by atomic mass is 9.81. The molecule has 1 aromatic carbocycles. The topological polar surface area (TPSA) is 116 Å². The van der Waals surface area contributed by atoms with Crippen LogP contribution in [-0.4, -0.2) is 23.3 Å². The molecule has 0 saturated heterocycles. The zero-order valence-corrected chi connectivity index (χ0v) is 16.2. The second-order valence-corrected chi connectivity index (χ2v) is 7.37. The van der Waals surface area contributed by atoms with Crippen molar-refractivity contribution in [3.8, 4) is 6.07 Å². The summed E-state index contributed by atoms with van der Waals surface area (Å²) in [6.07, 6.45) is 5.52. The fraction of sp³-hybridized carbons (Fsp3) is 0.182. The number of nitrogens with zero attached hydrogens (tertiary/aromatic N) is 3. The van der Waals surface area contributed by atoms with Crippen LogP contribution in [0.1, 0.15) is 35.0 Å². The summed E-state index contributed by atoms with van der Waals surface area (Å²) in [4.78, 5) is 21.1. The molecule has 2 aliphatic rings. The van der Waals surface area contributed by atoms with Gasteiger partial charge >= 0.3 is 0 Å². The highest BCUT2D eigenvalue weighted by Gasteiger charge is 2.35. The van der Waals surface area contributed by atoms with E-state index in [-0.39, 0.29) is 5.69 Å². The van der Waals surface area contributed by atoms with Gasteiger partial charge in [-0.2, -0.15) is 5.26 Å². The van der Waals surface area contributed by atoms with Crippen LogP contribution in [-0.2, 0) is 5.54 Å². The van der Waals surface area contributed by atoms with E-state index in [1.165, 1.54) is 30.5 Å². The molecular weight excluding hydrogens is 383 g/mol. The number of aromatic nitrogens is 1. The van der Waals surface area contributed by atoms with E-state index in [9.17, 15) is 9.18 Å². The molecule has 0 fully saturated rings. The van der Waals surface area contributed by atoms with Gasteiger partial charge in [0.15, 0.2) is 0 Å². The normalized spacial score (nSPS) is 20.0. The first-order valence-corrected chi connectivity index (χ1v) is 9.35. The molecule has 8 heteroatoms. The number of nitrogens with one attached hydrogen (secondary N) is 2. The molecule has 4 N–H and O–H groups in total. The Balaban J connectivity index is 1.62. The quantitative estimate of drug-likeness (QED) is 0.730. The number of amides is 1. The lowest BCUT2D eigenvalue weighted by molar-refractivity contribution is 0.102. The van der Waals surface area contributed by atoms with Crippen molar-refractivity contribution in [3.63, 3.8) is 0 Å². The van der Waals surface area contributed by atoms with Gasteiger partial charge in [-0.25, -0.2) is 9.37 Å². The number of nitriles is 1. The number of hydrogen-bond acceptors (Lipinski definition) is 6. The molecule has 0 radical (unpaired) electrons. The van der Waals surface area contributed by atoms with Crippen molar-refractivity contribution in [1.82, 2.24) is 10.3 Å². The van der Waals surface area contributed by atoms with E-state index < -0.39 is 17.3 Å². The summed E-state index contributed by atoms with van der Waals surface area (Å²) in [5.74, 6) is -0.514. The monoisotopic (exact) mass is 402 g/mol. The zero-order chi connectivity index (χ0) is 21.3. The van der Waals surface area contributed by atoms with Crippen LogP contribution in [0.5, 0.6) is 0 Å². The summed E-state index contributed by atoms with van der Waals surface area (Å²) < 4.78 is 14.8. The van der Waals surface area contributed by atoms with Gasteiger partial charge in [-0.1, -0.05) is 0 Å². The Labute approximate surface area is 172 Å². The first-order valence-electron chi connectivity index (χ1n) is 9.35. The highest BCUT2D eigenvalue weighted by molar-refractivity contribution is 6.03. The van der Waals surface area contributed by atoms with E-state index in [0.717, 1.165) is 11.1 Å². The molecule has 2 aromatic rings. The number of rotatable bonds is 3. The maximum absolute atomic E-state index is 14.8. The molecule has 150 valence electrons. The molecule has 0 bridgehead atoms. The molecule has 2 aliphatic heterocycles. The standard InChI is InChI=1S/C22H19FN6O/c1-22(9-14-12-26-7-6-16(14)20(25)29-22)17-8-15(3-4-18(17)23)28-21(30)19-5-2-13(10-24)11-27-19/h2-8,11,26H,9,12H2,1H3,(H2,25,29)(H,28,30). The van der Waals surface area contributed by atoms with Gasteiger partial charge in [0, 0.05) is 36.0 Å². The van der Waals surface area contributed by atoms with Crippen LogP contribution < -0.4 is 16.4 Å². The maximum atomic E-state index is 14.8. The van der Waals surface area contributed by atoms with Crippen molar-refractivity contribution in [3.05, 3.63) is 82.6 Å². The van der Waals surface area contributed by atoms with E-state index in [1.54, 1.807) is 6.07 Å². The number of nitrogens with two attached hydrogens (primary N) is 1. The molecule has 7 nitrogen and oxygen atoms in total. The molecule has 1 aromatic heterocycles. The van der Waals surface area contributed by atoms with Crippen LogP contribution in [0.25, 0.3) is 0 Å². The Morgan fingerprint density at radius 2 is 2.20 bits per heavy atom. The zero-order valence-electron chi connectivity index (χ0n) is 16.2. The summed E-state index contributed by atoms with van der Waals surface area (Å²) in [5, 5.41) is 14.7. The fourth-order valence-corrected chi connectivity index (χ4v) is 3.70. The predicted octanol–water partition coefficient (Wildman–Crippen LogP) is 2.73. The molecule has 3 heterocycles. The summed E-state index contributed by atoms with van der Waals surface area (Å²) in [6, 6.07) is 9.28. The SMILES string of the molecule is CC1(c2cc(NC(=O)c3ccc(C#N)cn3)ccc2F)CC2=C(C=CNC2)C(N)=N1. The summed E-state index contributed by atoms with van der Waals surface area (Å²) in [6.45, 7) is 2.45. The van der Waals surface area contributed by atoms with Gasteiger partial charge in [0.1, 0.15) is 23.4 Å². The fourth-order valence-electron chi connectivity index (χ4n) is 3.70. The third-order valence-corrected chi connectivity index (χ3v) is 5.19. The van der Waals surface area contributed by atoms with E-state index >= 15 is 0 Å². The van der Waals surface area contributed by atoms with Gasteiger partial charge in [-0.05, 0) is 55.1 Å². The number of amidine groups is 1. The first-order chi connectivity index (χ1) is 14.4. The lowest BCUT2D eigenvalue weighted by Gasteiger charge is -2.34. The Hall–Kier alpha value is -3.99. The molecule has 30 heavy (non-hydrogen) atoms. The summed E-state index contributed by atoms with van der Waals surface area (Å²) >= 11 is 0. The molecule has 0 saturated carbocycles. The minimum absolute atomic E-state index is 0.154. The number of hydrogen-bond donors (Lipinski definition) is 3. The van der Waals surface area contributed by atoms with Crippen LogP contribution >= 0.6 is 0 Å². The van der Waals surface area contributed by atoms with Crippen LogP contribution in [0.15, 0.2) is 64.9 Å². The van der Waals surface area contributed by atoms with Crippen molar-refractivity contribution in [1.29, 1.82) is 5.26 Å². The van der Waals surface area contributed by atoms with Crippen molar-refractivity contribution in [2.24, 2.45) is 10.7 Å². The van der Waals surface area contributed by atoms with Gasteiger partial charge in [-0.15, -0.1) is 0 Å². The molecule has 0 spiro atoms. The predicted molar refractivity (Wildman–Crippen MR) is 111 cm³/mol. The van der Waals surface area contributed by atoms with Gasteiger partial charge in [0.05, 0.1) is 11.1 Å². The maximum Gasteiger partial charge on any atom is 0.274 e. The number of halogens is 1. The van der Waals surface area contributed by atoms with Gasteiger partial charge < -0.3 is 16.4 Å². The van der Waals surface area contributed by atoms with Gasteiger partial charge in [0.2, 0.25) is 0 Å². The Morgan fingerprint density at radius 1 is 1.37 bits per heavy atom. The van der Waals surface area contributed by atoms with Crippen molar-refractivity contribution >= 4 is 17.4 Å². The van der Waals surface area contributed by atoms with Gasteiger partial charge in [-0.3, -0.25) is 9.79 Å². The van der Waals surface area contributed by atoms with E-state index in [1.807, 2.05) is 25.3 Å². The largest absolute Gasteiger partial charge is 0.387 e. The molecule has 4 rings (SSSR count). The second kappa shape index (κ2) is 7.44. The smallest absolute Gasteiger partial charge is 0.274 e. The minimum atomic E-state index is -0.896. The third kappa shape index (κ3) is 3.53. The summed E-state index contributed by atoms with van der Waals surface area (Å²) in [5.41, 5.74) is 8.47. The summed E-state index contributed by atoms with van der Waals surface area (Å²) in [7, 11) is 0. The lowest BCUT2D eigenvalue weighted by Crippen LogP contribution is -2.35. The number of aliphatic imine (C=N–C) groups is 1. The molecular formula is C22H19FN6O. The molecule has 1 amide bonds. The number of carbonyl (C=O) groups is 1. The van der Waals surface area contributed by atoms with Crippen LogP contribution in [0.2, 0.25) is 0 Å². The van der Waals surface area contributed by atoms with E-state index in [2.05, 4.69) is 20.6 Å². The number of carbonyl (C=O) groups excluding carboxylic acids is 1. The third-order valence-electron chi connectivity index (χ3n) is 5.19. The number of anilines is 1. The van der Waals surface area contributed by atoms with E-state index in [4.69, 9.17) is 11.0 Å². The number of benzene rings is 1. The molecule has 1 unspecified atom stereocenters. The average molecular weight is 402 g/mol. The highest BCUT2D eigenvalue weighted by atomic mass is 19.1. The molecule has 0 aliphatic carbocycles. The van der Waals surface area contributed by atoms with Crippen LogP contribution in [0.3, 0.4) is 0 Å². The Bertz CT molecular complexity index is 1160. The van der Waals surface area contributed by atoms with Crippen molar-refractivity contribution < 1.29 is 9.18 Å². The van der Waals surface area contributed by atoms with Gasteiger partial charge in [0.25, 0.3) is 5.91 Å². The highest BCUT2D eigenvalue weighted by Crippen LogP contribution is 2.39.